The summed E-state index contributed by atoms with van der Waals surface area (Å²) in [6, 6.07) is 75.0. The van der Waals surface area contributed by atoms with Crippen molar-refractivity contribution >= 4 is 90.8 Å². The molecule has 0 N–H and O–H groups in total. The molecule has 2 aliphatic rings. The van der Waals surface area contributed by atoms with Crippen molar-refractivity contribution in [2.75, 3.05) is 4.90 Å². The Labute approximate surface area is 305 Å². The van der Waals surface area contributed by atoms with Crippen LogP contribution in [0.25, 0.3) is 27.5 Å². The molecule has 0 saturated heterocycles. The predicted molar refractivity (Wildman–Crippen MR) is 224 cm³/mol. The van der Waals surface area contributed by atoms with E-state index in [4.69, 9.17) is 0 Å². The number of fused-ring (bicyclic) bond motifs is 7. The van der Waals surface area contributed by atoms with Crippen LogP contribution in [0, 0.1) is 0 Å². The molecule has 0 bridgehead atoms. The molecule has 0 aliphatic carbocycles. The van der Waals surface area contributed by atoms with Gasteiger partial charge in [-0.15, -0.1) is 0 Å². The number of hydrogen-bond donors (Lipinski definition) is 0. The van der Waals surface area contributed by atoms with Crippen LogP contribution in [-0.4, -0.2) is 19.4 Å². The molecule has 0 amide bonds. The summed E-state index contributed by atoms with van der Waals surface area (Å²) in [4.78, 5) is 2.61. The molecule has 11 rings (SSSR count). The van der Waals surface area contributed by atoms with Gasteiger partial charge in [0.15, 0.2) is 8.07 Å². The summed E-state index contributed by atoms with van der Waals surface area (Å²) < 4.78 is 2.45. The second kappa shape index (κ2) is 11.3. The Hall–Kier alpha value is -6.36. The van der Waals surface area contributed by atoms with E-state index in [1.54, 1.807) is 0 Å². The van der Waals surface area contributed by atoms with Gasteiger partial charge in [0.05, 0.1) is 11.0 Å². The summed E-state index contributed by atoms with van der Waals surface area (Å²) in [6.45, 7) is 0.0816. The molecule has 52 heavy (non-hydrogen) atoms. The van der Waals surface area contributed by atoms with Crippen LogP contribution in [0.5, 0.6) is 0 Å². The first-order valence-electron chi connectivity index (χ1n) is 18.2. The Morgan fingerprint density at radius 3 is 1.63 bits per heavy atom. The van der Waals surface area contributed by atoms with Gasteiger partial charge < -0.3 is 9.47 Å². The zero-order valence-electron chi connectivity index (χ0n) is 28.5. The number of nitrogens with zero attached hydrogens (tertiary/aromatic N) is 2. The van der Waals surface area contributed by atoms with Crippen molar-refractivity contribution in [2.45, 2.75) is 0 Å². The summed E-state index contributed by atoms with van der Waals surface area (Å²) >= 11 is 0. The molecule has 3 heterocycles. The molecule has 0 spiro atoms. The lowest BCUT2D eigenvalue weighted by Crippen LogP contribution is -2.78. The van der Waals surface area contributed by atoms with E-state index in [-0.39, 0.29) is 6.71 Å². The summed E-state index contributed by atoms with van der Waals surface area (Å²) in [7, 11) is -2.77. The van der Waals surface area contributed by atoms with E-state index in [0.29, 0.717) is 0 Å². The van der Waals surface area contributed by atoms with E-state index in [1.165, 1.54) is 81.7 Å². The number of hydrogen-bond acceptors (Lipinski definition) is 1. The number of anilines is 3. The first kappa shape index (κ1) is 29.4. The summed E-state index contributed by atoms with van der Waals surface area (Å²) in [6.07, 6.45) is 0. The minimum absolute atomic E-state index is 0.0816. The van der Waals surface area contributed by atoms with Gasteiger partial charge in [-0.1, -0.05) is 175 Å². The Bertz CT molecular complexity index is 2720. The van der Waals surface area contributed by atoms with Gasteiger partial charge in [-0.3, -0.25) is 0 Å². The average molecular weight is 677 g/mol. The van der Waals surface area contributed by atoms with Crippen LogP contribution in [0.3, 0.4) is 0 Å². The van der Waals surface area contributed by atoms with E-state index in [0.717, 1.165) is 0 Å². The predicted octanol–water partition coefficient (Wildman–Crippen LogP) is 6.77. The van der Waals surface area contributed by atoms with Gasteiger partial charge in [-0.2, -0.15) is 0 Å². The lowest BCUT2D eigenvalue weighted by Gasteiger charge is -2.49. The zero-order valence-corrected chi connectivity index (χ0v) is 29.5. The summed E-state index contributed by atoms with van der Waals surface area (Å²) in [5.74, 6) is 0. The van der Waals surface area contributed by atoms with Gasteiger partial charge in [-0.05, 0) is 62.0 Å². The number of benzene rings is 8. The first-order valence-corrected chi connectivity index (χ1v) is 20.2. The van der Waals surface area contributed by atoms with Crippen molar-refractivity contribution in [3.63, 3.8) is 0 Å². The fourth-order valence-corrected chi connectivity index (χ4v) is 14.6. The molecule has 9 aromatic rings. The van der Waals surface area contributed by atoms with Crippen molar-refractivity contribution in [2.24, 2.45) is 0 Å². The van der Waals surface area contributed by atoms with Crippen LogP contribution in [-0.2, 0) is 0 Å². The van der Waals surface area contributed by atoms with Crippen LogP contribution >= 0.6 is 0 Å². The largest absolute Gasteiger partial charge is 0.312 e. The average Bonchev–Trinajstić information content (AvgIpc) is 3.56. The number of rotatable bonds is 4. The third-order valence-corrected chi connectivity index (χ3v) is 16.3. The Morgan fingerprint density at radius 1 is 0.404 bits per heavy atom. The van der Waals surface area contributed by atoms with E-state index in [1.807, 2.05) is 0 Å². The normalized spacial score (nSPS) is 13.8. The van der Waals surface area contributed by atoms with Crippen molar-refractivity contribution in [1.82, 2.24) is 4.57 Å². The van der Waals surface area contributed by atoms with Crippen LogP contribution in [0.15, 0.2) is 200 Å². The highest BCUT2D eigenvalue weighted by Gasteiger charge is 2.51. The molecule has 0 atom stereocenters. The Balaban J connectivity index is 1.27. The van der Waals surface area contributed by atoms with Crippen LogP contribution in [0.1, 0.15) is 0 Å². The maximum atomic E-state index is 2.61. The molecule has 242 valence electrons. The van der Waals surface area contributed by atoms with Gasteiger partial charge in [0.25, 0.3) is 0 Å². The second-order valence-electron chi connectivity index (χ2n) is 14.0. The Kier molecular flexibility index (Phi) is 6.40. The van der Waals surface area contributed by atoms with Gasteiger partial charge in [0.1, 0.15) is 0 Å². The summed E-state index contributed by atoms with van der Waals surface area (Å²) in [5.41, 5.74) is 11.5. The molecule has 0 saturated carbocycles. The molecule has 0 unspecified atom stereocenters. The topological polar surface area (TPSA) is 8.17 Å². The van der Waals surface area contributed by atoms with Crippen molar-refractivity contribution in [1.29, 1.82) is 0 Å². The standard InChI is InChI=1S/C48H33BN2Si/c1-4-17-34(18-5-1)49-40-32-31-35(50-42-26-12-10-23-38(42)39-24-11-13-27-43(39)50)33-45(40)51-44-28-14-15-29-46(44)52(36-19-6-2-7-20-36,37-21-8-3-9-22-37)47-30-16-25-41(49)48(47)51/h1-33H. The van der Waals surface area contributed by atoms with Gasteiger partial charge in [0.2, 0.25) is 6.71 Å². The molecular formula is C48H33BN2Si. The molecule has 0 fully saturated rings. The Morgan fingerprint density at radius 2 is 0.962 bits per heavy atom. The van der Waals surface area contributed by atoms with E-state index in [2.05, 4.69) is 210 Å². The SMILES string of the molecule is c1ccc(B2c3ccc(-n4c5ccccc5c5ccccc54)cc3N3c4ccccc4[Si](c4ccccc4)(c4ccccc4)c4cccc2c43)cc1. The van der Waals surface area contributed by atoms with Gasteiger partial charge in [-0.25, -0.2) is 0 Å². The zero-order chi connectivity index (χ0) is 34.2. The molecule has 2 nitrogen and oxygen atoms in total. The maximum Gasteiger partial charge on any atom is 0.246 e. The minimum atomic E-state index is -2.77. The van der Waals surface area contributed by atoms with Crippen LogP contribution in [0.2, 0.25) is 0 Å². The second-order valence-corrected chi connectivity index (χ2v) is 17.8. The quantitative estimate of drug-likeness (QED) is 0.187. The highest BCUT2D eigenvalue weighted by molar-refractivity contribution is 7.22. The highest BCUT2D eigenvalue weighted by atomic mass is 28.3. The van der Waals surface area contributed by atoms with E-state index < -0.39 is 8.07 Å². The van der Waals surface area contributed by atoms with E-state index >= 15 is 0 Å². The molecule has 1 aromatic heterocycles. The monoisotopic (exact) mass is 676 g/mol. The maximum absolute atomic E-state index is 2.77. The van der Waals surface area contributed by atoms with Gasteiger partial charge >= 0.3 is 0 Å². The van der Waals surface area contributed by atoms with Crippen molar-refractivity contribution in [3.8, 4) is 5.69 Å². The number of para-hydroxylation sites is 4. The lowest BCUT2D eigenvalue weighted by atomic mass is 9.35. The molecule has 8 aromatic carbocycles. The molecule has 0 radical (unpaired) electrons. The van der Waals surface area contributed by atoms with Gasteiger partial charge in [0, 0.05) is 33.5 Å². The fraction of sp³-hybridized carbons (Fsp3) is 0. The first-order chi connectivity index (χ1) is 25.8. The number of aromatic nitrogens is 1. The summed E-state index contributed by atoms with van der Waals surface area (Å²) in [5, 5.41) is 8.22. The molecule has 2 aliphatic heterocycles. The lowest BCUT2D eigenvalue weighted by molar-refractivity contribution is 1.17. The third kappa shape index (κ3) is 3.96. The molecule has 4 heteroatoms. The van der Waals surface area contributed by atoms with Crippen LogP contribution in [0.4, 0.5) is 17.1 Å². The fourth-order valence-electron chi connectivity index (χ4n) is 9.49. The van der Waals surface area contributed by atoms with Crippen LogP contribution < -0.4 is 42.0 Å². The van der Waals surface area contributed by atoms with Crippen molar-refractivity contribution in [3.05, 3.63) is 200 Å². The minimum Gasteiger partial charge on any atom is -0.312 e. The smallest absolute Gasteiger partial charge is 0.246 e. The molecular weight excluding hydrogens is 643 g/mol. The third-order valence-electron chi connectivity index (χ3n) is 11.5. The van der Waals surface area contributed by atoms with E-state index in [9.17, 15) is 0 Å². The highest BCUT2D eigenvalue weighted by Crippen LogP contribution is 2.41. The van der Waals surface area contributed by atoms with Crippen molar-refractivity contribution < 1.29 is 0 Å².